The zero-order valence-electron chi connectivity index (χ0n) is 11.4. The zero-order chi connectivity index (χ0) is 13.5. The number of hydrogen-bond donors (Lipinski definition) is 2. The van der Waals surface area contributed by atoms with Gasteiger partial charge in [0.05, 0.1) is 0 Å². The summed E-state index contributed by atoms with van der Waals surface area (Å²) >= 11 is 0. The third kappa shape index (κ3) is 4.31. The van der Waals surface area contributed by atoms with E-state index >= 15 is 0 Å². The summed E-state index contributed by atoms with van der Waals surface area (Å²) in [5.74, 6) is 0.899. The molecule has 1 aromatic rings. The Morgan fingerprint density at radius 3 is 2.47 bits per heavy atom. The van der Waals surface area contributed by atoms with Gasteiger partial charge in [-0.3, -0.25) is 4.79 Å². The van der Waals surface area contributed by atoms with Crippen LogP contribution in [0.2, 0.25) is 0 Å². The van der Waals surface area contributed by atoms with Crippen molar-refractivity contribution in [1.82, 2.24) is 4.98 Å². The van der Waals surface area contributed by atoms with Gasteiger partial charge in [0.1, 0.15) is 5.82 Å². The minimum atomic E-state index is 0.120. The van der Waals surface area contributed by atoms with Crippen LogP contribution in [0.4, 0.5) is 5.82 Å². The maximum Gasteiger partial charge on any atom is 0.228 e. The fourth-order valence-electron chi connectivity index (χ4n) is 2.57. The molecule has 0 atom stereocenters. The third-order valence-corrected chi connectivity index (χ3v) is 3.79. The monoisotopic (exact) mass is 261 g/mol. The first-order chi connectivity index (χ1) is 9.29. The van der Waals surface area contributed by atoms with Crippen LogP contribution in [-0.4, -0.2) is 10.9 Å². The number of rotatable bonds is 3. The Labute approximate surface area is 114 Å². The predicted octanol–water partition coefficient (Wildman–Crippen LogP) is 2.84. The van der Waals surface area contributed by atoms with Crippen molar-refractivity contribution in [3.63, 3.8) is 0 Å². The second kappa shape index (κ2) is 7.24. The molecule has 104 valence electrons. The van der Waals surface area contributed by atoms with E-state index in [4.69, 9.17) is 5.73 Å². The van der Waals surface area contributed by atoms with Gasteiger partial charge in [-0.15, -0.1) is 0 Å². The van der Waals surface area contributed by atoms with Gasteiger partial charge in [-0.2, -0.15) is 0 Å². The highest BCUT2D eigenvalue weighted by Crippen LogP contribution is 2.23. The smallest absolute Gasteiger partial charge is 0.228 e. The average Bonchev–Trinajstić information content (AvgIpc) is 2.39. The third-order valence-electron chi connectivity index (χ3n) is 3.79. The Morgan fingerprint density at radius 2 is 1.89 bits per heavy atom. The summed E-state index contributed by atoms with van der Waals surface area (Å²) in [6, 6.07) is 3.73. The highest BCUT2D eigenvalue weighted by molar-refractivity contribution is 5.91. The van der Waals surface area contributed by atoms with Crippen LogP contribution in [0.25, 0.3) is 0 Å². The highest BCUT2D eigenvalue weighted by atomic mass is 16.1. The molecule has 0 spiro atoms. The van der Waals surface area contributed by atoms with E-state index in [1.165, 1.54) is 19.3 Å². The van der Waals surface area contributed by atoms with Crippen LogP contribution in [0.3, 0.4) is 0 Å². The number of carbonyl (C=O) groups is 1. The first-order valence-electron chi connectivity index (χ1n) is 7.25. The summed E-state index contributed by atoms with van der Waals surface area (Å²) < 4.78 is 0. The van der Waals surface area contributed by atoms with Gasteiger partial charge in [0.25, 0.3) is 0 Å². The molecule has 0 bridgehead atoms. The van der Waals surface area contributed by atoms with Crippen LogP contribution in [0.1, 0.15) is 50.5 Å². The molecule has 3 N–H and O–H groups in total. The number of amides is 1. The molecule has 0 saturated heterocycles. The van der Waals surface area contributed by atoms with Crippen molar-refractivity contribution in [2.24, 2.45) is 11.7 Å². The molecule has 2 rings (SSSR count). The summed E-state index contributed by atoms with van der Waals surface area (Å²) in [6.07, 6.45) is 9.89. The summed E-state index contributed by atoms with van der Waals surface area (Å²) in [5, 5.41) is 2.92. The largest absolute Gasteiger partial charge is 0.326 e. The number of pyridine rings is 1. The van der Waals surface area contributed by atoms with E-state index in [2.05, 4.69) is 10.3 Å². The number of anilines is 1. The molecule has 1 saturated carbocycles. The Kier molecular flexibility index (Phi) is 5.33. The fourth-order valence-corrected chi connectivity index (χ4v) is 2.57. The van der Waals surface area contributed by atoms with Crippen molar-refractivity contribution < 1.29 is 4.79 Å². The van der Waals surface area contributed by atoms with Crippen LogP contribution in [0, 0.1) is 5.92 Å². The number of carbonyl (C=O) groups excluding carboxylic acids is 1. The lowest BCUT2D eigenvalue weighted by Gasteiger charge is -2.18. The van der Waals surface area contributed by atoms with E-state index in [-0.39, 0.29) is 11.8 Å². The van der Waals surface area contributed by atoms with Crippen LogP contribution >= 0.6 is 0 Å². The van der Waals surface area contributed by atoms with Gasteiger partial charge in [-0.05, 0) is 24.5 Å². The molecular weight excluding hydrogens is 238 g/mol. The molecule has 1 amide bonds. The van der Waals surface area contributed by atoms with Crippen molar-refractivity contribution in [2.75, 3.05) is 5.32 Å². The van der Waals surface area contributed by atoms with Gasteiger partial charge in [0, 0.05) is 18.7 Å². The van der Waals surface area contributed by atoms with Crippen molar-refractivity contribution in [3.8, 4) is 0 Å². The number of nitrogens with one attached hydrogen (secondary N) is 1. The van der Waals surface area contributed by atoms with E-state index in [1.807, 2.05) is 12.1 Å². The van der Waals surface area contributed by atoms with Gasteiger partial charge in [0.15, 0.2) is 0 Å². The first kappa shape index (κ1) is 14.0. The highest BCUT2D eigenvalue weighted by Gasteiger charge is 2.19. The molecule has 1 aromatic heterocycles. The van der Waals surface area contributed by atoms with Gasteiger partial charge >= 0.3 is 0 Å². The van der Waals surface area contributed by atoms with E-state index in [0.717, 1.165) is 31.2 Å². The van der Waals surface area contributed by atoms with Crippen molar-refractivity contribution in [1.29, 1.82) is 0 Å². The minimum Gasteiger partial charge on any atom is -0.326 e. The summed E-state index contributed by atoms with van der Waals surface area (Å²) in [6.45, 7) is 0.476. The quantitative estimate of drug-likeness (QED) is 0.879. The lowest BCUT2D eigenvalue weighted by molar-refractivity contribution is -0.120. The Hall–Kier alpha value is -1.42. The number of nitrogens with two attached hydrogens (primary N) is 1. The van der Waals surface area contributed by atoms with Gasteiger partial charge in [0.2, 0.25) is 5.91 Å². The summed E-state index contributed by atoms with van der Waals surface area (Å²) in [5.41, 5.74) is 6.50. The van der Waals surface area contributed by atoms with Gasteiger partial charge in [-0.1, -0.05) is 38.2 Å². The van der Waals surface area contributed by atoms with E-state index in [0.29, 0.717) is 12.4 Å². The SMILES string of the molecule is NCc1ccc(NC(=O)C2CCCCCCC2)nc1. The molecule has 1 heterocycles. The van der Waals surface area contributed by atoms with Crippen LogP contribution in [0.15, 0.2) is 18.3 Å². The molecule has 1 fully saturated rings. The molecule has 1 aliphatic rings. The van der Waals surface area contributed by atoms with Crippen molar-refractivity contribution >= 4 is 11.7 Å². The van der Waals surface area contributed by atoms with E-state index < -0.39 is 0 Å². The molecule has 19 heavy (non-hydrogen) atoms. The molecular formula is C15H23N3O. The van der Waals surface area contributed by atoms with Crippen molar-refractivity contribution in [2.45, 2.75) is 51.5 Å². The topological polar surface area (TPSA) is 68.0 Å². The van der Waals surface area contributed by atoms with E-state index in [1.54, 1.807) is 6.20 Å². The van der Waals surface area contributed by atoms with Crippen LogP contribution in [-0.2, 0) is 11.3 Å². The second-order valence-electron chi connectivity index (χ2n) is 5.29. The number of aromatic nitrogens is 1. The molecule has 4 heteroatoms. The van der Waals surface area contributed by atoms with Crippen molar-refractivity contribution in [3.05, 3.63) is 23.9 Å². The minimum absolute atomic E-state index is 0.120. The maximum atomic E-state index is 12.2. The standard InChI is InChI=1S/C15H23N3O/c16-10-12-8-9-14(17-11-12)18-15(19)13-6-4-2-1-3-5-7-13/h8-9,11,13H,1-7,10,16H2,(H,17,18,19). The molecule has 1 aliphatic carbocycles. The molecule has 0 unspecified atom stereocenters. The lowest BCUT2D eigenvalue weighted by atomic mass is 9.90. The predicted molar refractivity (Wildman–Crippen MR) is 76.6 cm³/mol. The second-order valence-corrected chi connectivity index (χ2v) is 5.29. The van der Waals surface area contributed by atoms with E-state index in [9.17, 15) is 4.79 Å². The summed E-state index contributed by atoms with van der Waals surface area (Å²) in [4.78, 5) is 16.4. The normalized spacial score (nSPS) is 17.5. The zero-order valence-corrected chi connectivity index (χ0v) is 11.4. The maximum absolute atomic E-state index is 12.2. The van der Waals surface area contributed by atoms with Gasteiger partial charge in [-0.25, -0.2) is 4.98 Å². The molecule has 0 aromatic carbocycles. The van der Waals surface area contributed by atoms with Gasteiger partial charge < -0.3 is 11.1 Å². The molecule has 4 nitrogen and oxygen atoms in total. The average molecular weight is 261 g/mol. The van der Waals surface area contributed by atoms with Crippen LogP contribution in [0.5, 0.6) is 0 Å². The number of hydrogen-bond acceptors (Lipinski definition) is 3. The molecule has 0 aliphatic heterocycles. The first-order valence-corrected chi connectivity index (χ1v) is 7.25. The number of nitrogens with zero attached hydrogens (tertiary/aromatic N) is 1. The Morgan fingerprint density at radius 1 is 1.21 bits per heavy atom. The Balaban J connectivity index is 1.90. The lowest BCUT2D eigenvalue weighted by Crippen LogP contribution is -2.24. The van der Waals surface area contributed by atoms with Crippen LogP contribution < -0.4 is 11.1 Å². The molecule has 0 radical (unpaired) electrons. The summed E-state index contributed by atoms with van der Waals surface area (Å²) in [7, 11) is 0. The Bertz CT molecular complexity index is 394. The fraction of sp³-hybridized carbons (Fsp3) is 0.600.